The number of hydrogen-bond acceptors (Lipinski definition) is 5. The second-order valence-electron chi connectivity index (χ2n) is 7.42. The summed E-state index contributed by atoms with van der Waals surface area (Å²) in [5.41, 5.74) is 2.03. The summed E-state index contributed by atoms with van der Waals surface area (Å²) >= 11 is 3.35. The summed E-state index contributed by atoms with van der Waals surface area (Å²) in [5.74, 6) is 1.89. The Bertz CT molecular complexity index is 938. The smallest absolute Gasteiger partial charge is 0.254 e. The van der Waals surface area contributed by atoms with Crippen LogP contribution in [0, 0.1) is 0 Å². The van der Waals surface area contributed by atoms with Crippen LogP contribution < -0.4 is 10.2 Å². The highest BCUT2D eigenvalue weighted by Gasteiger charge is 2.18. The Labute approximate surface area is 186 Å². The molecule has 0 unspecified atom stereocenters. The Kier molecular flexibility index (Phi) is 7.43. The average Bonchev–Trinajstić information content (AvgIpc) is 3.50. The largest absolute Gasteiger partial charge is 0.357 e. The lowest BCUT2D eigenvalue weighted by Gasteiger charge is -2.18. The lowest BCUT2D eigenvalue weighted by Crippen LogP contribution is -2.24. The number of rotatable bonds is 9. The van der Waals surface area contributed by atoms with Crippen LogP contribution >= 0.6 is 23.1 Å². The van der Waals surface area contributed by atoms with Crippen molar-refractivity contribution in [1.82, 2.24) is 10.3 Å². The second kappa shape index (κ2) is 10.6. The van der Waals surface area contributed by atoms with E-state index in [1.54, 1.807) is 23.1 Å². The fourth-order valence-electron chi connectivity index (χ4n) is 3.60. The molecule has 0 aliphatic carbocycles. The number of pyridine rings is 1. The second-order valence-corrected chi connectivity index (χ2v) is 9.53. The van der Waals surface area contributed by atoms with Gasteiger partial charge in [0, 0.05) is 18.0 Å². The van der Waals surface area contributed by atoms with E-state index in [0.29, 0.717) is 12.1 Å². The van der Waals surface area contributed by atoms with E-state index >= 15 is 0 Å². The predicted molar refractivity (Wildman–Crippen MR) is 127 cm³/mol. The van der Waals surface area contributed by atoms with Gasteiger partial charge in [-0.05, 0) is 60.6 Å². The minimum atomic E-state index is -0.0468. The zero-order valence-electron chi connectivity index (χ0n) is 17.0. The molecule has 4 nitrogen and oxygen atoms in total. The first-order valence-corrected chi connectivity index (χ1v) is 12.4. The maximum atomic E-state index is 12.9. The Hall–Kier alpha value is -2.31. The molecule has 0 radical (unpaired) electrons. The highest BCUT2D eigenvalue weighted by Crippen LogP contribution is 2.27. The molecule has 4 rings (SSSR count). The molecule has 0 atom stereocenters. The van der Waals surface area contributed by atoms with Crippen LogP contribution in [0.1, 0.15) is 40.1 Å². The highest BCUT2D eigenvalue weighted by molar-refractivity contribution is 7.99. The van der Waals surface area contributed by atoms with Gasteiger partial charge in [0.2, 0.25) is 0 Å². The third-order valence-corrected chi connectivity index (χ3v) is 7.17. The van der Waals surface area contributed by atoms with Crippen LogP contribution in [-0.4, -0.2) is 29.7 Å². The van der Waals surface area contributed by atoms with Crippen molar-refractivity contribution in [2.24, 2.45) is 0 Å². The number of carbonyl (C=O) groups excluding carboxylic acids is 1. The zero-order valence-corrected chi connectivity index (χ0v) is 18.7. The van der Waals surface area contributed by atoms with Gasteiger partial charge in [-0.25, -0.2) is 4.98 Å². The van der Waals surface area contributed by atoms with Crippen LogP contribution in [-0.2, 0) is 13.0 Å². The van der Waals surface area contributed by atoms with Gasteiger partial charge in [-0.1, -0.05) is 36.4 Å². The molecule has 1 fully saturated rings. The minimum absolute atomic E-state index is 0.0468. The highest BCUT2D eigenvalue weighted by atomic mass is 32.2. The molecule has 2 aromatic heterocycles. The van der Waals surface area contributed by atoms with E-state index in [4.69, 9.17) is 4.98 Å². The van der Waals surface area contributed by atoms with Gasteiger partial charge in [0.25, 0.3) is 5.91 Å². The van der Waals surface area contributed by atoms with Crippen LogP contribution in [0.2, 0.25) is 0 Å². The number of thioether (sulfide) groups is 1. The number of anilines is 1. The summed E-state index contributed by atoms with van der Waals surface area (Å²) in [7, 11) is 0. The number of benzene rings is 1. The minimum Gasteiger partial charge on any atom is -0.357 e. The molecule has 156 valence electrons. The van der Waals surface area contributed by atoms with Crippen molar-refractivity contribution in [2.75, 3.05) is 23.7 Å². The fourth-order valence-corrected chi connectivity index (χ4v) is 5.20. The van der Waals surface area contributed by atoms with Crippen molar-refractivity contribution in [1.29, 1.82) is 0 Å². The van der Waals surface area contributed by atoms with Gasteiger partial charge < -0.3 is 10.2 Å². The number of thiophene rings is 1. The molecule has 6 heteroatoms. The molecule has 30 heavy (non-hydrogen) atoms. The van der Waals surface area contributed by atoms with Crippen LogP contribution in [0.4, 0.5) is 5.82 Å². The molecule has 3 heterocycles. The number of aryl methyl sites for hydroxylation is 1. The van der Waals surface area contributed by atoms with Crippen molar-refractivity contribution < 1.29 is 4.79 Å². The maximum Gasteiger partial charge on any atom is 0.254 e. The van der Waals surface area contributed by atoms with Crippen molar-refractivity contribution in [3.05, 3.63) is 76.0 Å². The molecular formula is C24H27N3OS2. The number of carbonyl (C=O) groups is 1. The van der Waals surface area contributed by atoms with Gasteiger partial charge in [0.1, 0.15) is 10.8 Å². The number of aromatic nitrogens is 1. The average molecular weight is 438 g/mol. The first-order valence-electron chi connectivity index (χ1n) is 10.5. The van der Waals surface area contributed by atoms with E-state index in [9.17, 15) is 4.79 Å². The van der Waals surface area contributed by atoms with Crippen LogP contribution in [0.5, 0.6) is 0 Å². The fraction of sp³-hybridized carbons (Fsp3) is 0.333. The van der Waals surface area contributed by atoms with Crippen LogP contribution in [0.15, 0.2) is 65.0 Å². The summed E-state index contributed by atoms with van der Waals surface area (Å²) in [5, 5.41) is 5.92. The molecular weight excluding hydrogens is 410 g/mol. The maximum absolute atomic E-state index is 12.9. The first kappa shape index (κ1) is 20.9. The van der Waals surface area contributed by atoms with Gasteiger partial charge in [-0.15, -0.1) is 23.1 Å². The Morgan fingerprint density at radius 2 is 1.90 bits per heavy atom. The van der Waals surface area contributed by atoms with Crippen molar-refractivity contribution in [3.8, 4) is 0 Å². The first-order chi connectivity index (χ1) is 14.8. The third-order valence-electron chi connectivity index (χ3n) is 5.21. The van der Waals surface area contributed by atoms with Crippen LogP contribution in [0.25, 0.3) is 0 Å². The van der Waals surface area contributed by atoms with Crippen molar-refractivity contribution in [2.45, 2.75) is 37.3 Å². The van der Waals surface area contributed by atoms with Gasteiger partial charge in [0.05, 0.1) is 12.1 Å². The summed E-state index contributed by atoms with van der Waals surface area (Å²) < 4.78 is 0. The number of nitrogens with one attached hydrogen (secondary N) is 1. The van der Waals surface area contributed by atoms with E-state index in [1.165, 1.54) is 18.4 Å². The van der Waals surface area contributed by atoms with Gasteiger partial charge in [-0.3, -0.25) is 4.79 Å². The Morgan fingerprint density at radius 3 is 2.67 bits per heavy atom. The predicted octanol–water partition coefficient (Wildman–Crippen LogP) is 5.40. The standard InChI is InChI=1S/C24H27N3OS2/c28-23(25-18-20-11-7-16-29-20)21-12-13-22(27-14-4-5-15-27)26-24(21)30-17-6-10-19-8-2-1-3-9-19/h1-3,7-9,11-13,16H,4-6,10,14-15,17-18H2,(H,25,28). The third kappa shape index (κ3) is 5.64. The lowest BCUT2D eigenvalue weighted by atomic mass is 10.1. The molecule has 0 spiro atoms. The summed E-state index contributed by atoms with van der Waals surface area (Å²) in [6.07, 6.45) is 4.52. The molecule has 1 saturated heterocycles. The molecule has 1 aliphatic rings. The molecule has 1 aliphatic heterocycles. The normalized spacial score (nSPS) is 13.5. The SMILES string of the molecule is O=C(NCc1cccs1)c1ccc(N2CCCC2)nc1SCCCc1ccccc1. The van der Waals surface area contributed by atoms with Crippen LogP contribution in [0.3, 0.4) is 0 Å². The van der Waals surface area contributed by atoms with Gasteiger partial charge in [0.15, 0.2) is 0 Å². The molecule has 1 N–H and O–H groups in total. The molecule has 1 aromatic carbocycles. The van der Waals surface area contributed by atoms with E-state index < -0.39 is 0 Å². The zero-order chi connectivity index (χ0) is 20.6. The summed E-state index contributed by atoms with van der Waals surface area (Å²) in [4.78, 5) is 21.2. The molecule has 0 bridgehead atoms. The van der Waals surface area contributed by atoms with Crippen molar-refractivity contribution >= 4 is 34.8 Å². The lowest BCUT2D eigenvalue weighted by molar-refractivity contribution is 0.0947. The van der Waals surface area contributed by atoms with E-state index in [1.807, 2.05) is 35.7 Å². The van der Waals surface area contributed by atoms with Crippen molar-refractivity contribution in [3.63, 3.8) is 0 Å². The monoisotopic (exact) mass is 437 g/mol. The molecule has 1 amide bonds. The number of amides is 1. The quantitative estimate of drug-likeness (QED) is 0.360. The number of nitrogens with zero attached hydrogens (tertiary/aromatic N) is 2. The number of hydrogen-bond donors (Lipinski definition) is 1. The summed E-state index contributed by atoms with van der Waals surface area (Å²) in [6, 6.07) is 18.5. The van der Waals surface area contributed by atoms with E-state index in [2.05, 4.69) is 34.5 Å². The van der Waals surface area contributed by atoms with Gasteiger partial charge in [-0.2, -0.15) is 0 Å². The van der Waals surface area contributed by atoms with Gasteiger partial charge >= 0.3 is 0 Å². The topological polar surface area (TPSA) is 45.2 Å². The van der Waals surface area contributed by atoms with E-state index in [-0.39, 0.29) is 5.91 Å². The molecule has 0 saturated carbocycles. The Balaban J connectivity index is 1.43. The Morgan fingerprint density at radius 1 is 1.07 bits per heavy atom. The summed E-state index contributed by atoms with van der Waals surface area (Å²) in [6.45, 7) is 2.66. The molecule has 3 aromatic rings. The van der Waals surface area contributed by atoms with E-state index in [0.717, 1.165) is 47.4 Å².